The van der Waals surface area contributed by atoms with E-state index in [0.29, 0.717) is 5.92 Å². The highest BCUT2D eigenvalue weighted by Crippen LogP contribution is 2.48. The molecular formula is C11H19NO3. The lowest BCUT2D eigenvalue weighted by Gasteiger charge is -2.15. The Hall–Kier alpha value is -0.770. The molecule has 86 valence electrons. The molecule has 2 N–H and O–H groups in total. The van der Waals surface area contributed by atoms with Crippen LogP contribution in [0, 0.1) is 17.8 Å². The van der Waals surface area contributed by atoms with Gasteiger partial charge >= 0.3 is 6.09 Å². The molecule has 0 aliphatic heterocycles. The van der Waals surface area contributed by atoms with E-state index in [0.717, 1.165) is 18.4 Å². The van der Waals surface area contributed by atoms with E-state index in [9.17, 15) is 4.79 Å². The molecule has 0 saturated heterocycles. The third-order valence-electron chi connectivity index (χ3n) is 3.26. The molecule has 0 heterocycles. The number of hydrogen-bond donors (Lipinski definition) is 2. The fourth-order valence-corrected chi connectivity index (χ4v) is 2.16. The summed E-state index contributed by atoms with van der Waals surface area (Å²) in [5, 5.41) is 11.3. The van der Waals surface area contributed by atoms with Crippen LogP contribution < -0.4 is 5.32 Å². The van der Waals surface area contributed by atoms with Crippen LogP contribution in [-0.4, -0.2) is 31.0 Å². The smallest absolute Gasteiger partial charge is 0.407 e. The molecule has 0 atom stereocenters. The molecule has 0 spiro atoms. The normalized spacial score (nSPS) is 20.4. The van der Waals surface area contributed by atoms with Gasteiger partial charge in [0.05, 0.1) is 6.61 Å². The molecule has 0 aromatic heterocycles. The van der Waals surface area contributed by atoms with Gasteiger partial charge in [-0.3, -0.25) is 0 Å². The Kier molecular flexibility index (Phi) is 3.46. The van der Waals surface area contributed by atoms with Crippen molar-refractivity contribution in [3.05, 3.63) is 0 Å². The number of amides is 1. The molecule has 2 aliphatic rings. The quantitative estimate of drug-likeness (QED) is 0.695. The van der Waals surface area contributed by atoms with E-state index < -0.39 is 6.09 Å². The summed E-state index contributed by atoms with van der Waals surface area (Å²) in [5.74, 6) is 2.36. The minimum absolute atomic E-state index is 0.0867. The summed E-state index contributed by atoms with van der Waals surface area (Å²) < 4.78 is 4.74. The Morgan fingerprint density at radius 1 is 1.33 bits per heavy atom. The third kappa shape index (κ3) is 3.38. The average Bonchev–Trinajstić information content (AvgIpc) is 3.05. The van der Waals surface area contributed by atoms with Gasteiger partial charge in [-0.1, -0.05) is 0 Å². The van der Waals surface area contributed by atoms with Crippen LogP contribution in [0.2, 0.25) is 0 Å². The highest BCUT2D eigenvalue weighted by molar-refractivity contribution is 5.67. The molecule has 4 heteroatoms. The van der Waals surface area contributed by atoms with Crippen molar-refractivity contribution in [3.8, 4) is 0 Å². The van der Waals surface area contributed by atoms with Crippen LogP contribution in [0.3, 0.4) is 0 Å². The first-order valence-corrected chi connectivity index (χ1v) is 5.82. The zero-order chi connectivity index (χ0) is 10.7. The van der Waals surface area contributed by atoms with Crippen molar-refractivity contribution in [2.24, 2.45) is 17.8 Å². The second kappa shape index (κ2) is 4.84. The van der Waals surface area contributed by atoms with E-state index in [-0.39, 0.29) is 13.2 Å². The van der Waals surface area contributed by atoms with E-state index >= 15 is 0 Å². The summed E-state index contributed by atoms with van der Waals surface area (Å²) in [7, 11) is 0. The van der Waals surface area contributed by atoms with Gasteiger partial charge in [0, 0.05) is 6.54 Å². The Bertz CT molecular complexity index is 212. The Morgan fingerprint density at radius 3 is 2.40 bits per heavy atom. The molecule has 4 nitrogen and oxygen atoms in total. The average molecular weight is 213 g/mol. The number of carbonyl (C=O) groups is 1. The maximum Gasteiger partial charge on any atom is 0.407 e. The molecule has 15 heavy (non-hydrogen) atoms. The molecule has 2 fully saturated rings. The van der Waals surface area contributed by atoms with Crippen molar-refractivity contribution in [1.82, 2.24) is 5.32 Å². The Morgan fingerprint density at radius 2 is 1.93 bits per heavy atom. The Balaban J connectivity index is 1.64. The minimum Gasteiger partial charge on any atom is -0.447 e. The summed E-state index contributed by atoms with van der Waals surface area (Å²) in [6.07, 6.45) is 4.92. The second-order valence-electron chi connectivity index (χ2n) is 4.58. The number of aliphatic hydroxyl groups excluding tert-OH is 1. The zero-order valence-corrected chi connectivity index (χ0v) is 8.95. The lowest BCUT2D eigenvalue weighted by atomic mass is 9.98. The van der Waals surface area contributed by atoms with Crippen molar-refractivity contribution in [3.63, 3.8) is 0 Å². The van der Waals surface area contributed by atoms with E-state index in [2.05, 4.69) is 5.32 Å². The Labute approximate surface area is 90.0 Å². The van der Waals surface area contributed by atoms with Gasteiger partial charge in [0.15, 0.2) is 0 Å². The highest BCUT2D eigenvalue weighted by atomic mass is 16.6. The maximum absolute atomic E-state index is 11.1. The number of carbonyl (C=O) groups excluding carboxylic acids is 1. The van der Waals surface area contributed by atoms with Crippen LogP contribution in [0.4, 0.5) is 4.79 Å². The summed E-state index contributed by atoms with van der Waals surface area (Å²) in [6.45, 7) is 0.727. The summed E-state index contributed by atoms with van der Waals surface area (Å²) >= 11 is 0. The predicted octanol–water partition coefficient (Wildman–Crippen LogP) is 1.14. The van der Waals surface area contributed by atoms with Crippen LogP contribution in [0.25, 0.3) is 0 Å². The van der Waals surface area contributed by atoms with Crippen LogP contribution in [0.5, 0.6) is 0 Å². The minimum atomic E-state index is -0.393. The summed E-state index contributed by atoms with van der Waals surface area (Å²) in [4.78, 5) is 11.1. The van der Waals surface area contributed by atoms with Gasteiger partial charge in [-0.15, -0.1) is 0 Å². The molecule has 0 aromatic rings. The number of ether oxygens (including phenoxy) is 1. The first kappa shape index (κ1) is 10.7. The zero-order valence-electron chi connectivity index (χ0n) is 8.95. The number of alkyl carbamates (subject to hydrolysis) is 1. The largest absolute Gasteiger partial charge is 0.447 e. The SMILES string of the molecule is O=C(NCC(C1CC1)C1CC1)OCCO. The third-order valence-corrected chi connectivity index (χ3v) is 3.26. The van der Waals surface area contributed by atoms with Gasteiger partial charge in [-0.25, -0.2) is 4.79 Å². The van der Waals surface area contributed by atoms with Crippen LogP contribution >= 0.6 is 0 Å². The van der Waals surface area contributed by atoms with Gasteiger partial charge in [0.25, 0.3) is 0 Å². The molecule has 2 rings (SSSR count). The van der Waals surface area contributed by atoms with Crippen molar-refractivity contribution in [2.75, 3.05) is 19.8 Å². The number of aliphatic hydroxyl groups is 1. The van der Waals surface area contributed by atoms with Crippen LogP contribution in [-0.2, 0) is 4.74 Å². The molecule has 2 saturated carbocycles. The standard InChI is InChI=1S/C11H19NO3/c13-5-6-15-11(14)12-7-10(8-1-2-8)9-3-4-9/h8-10,13H,1-7H2,(H,12,14). The maximum atomic E-state index is 11.1. The van der Waals surface area contributed by atoms with Crippen molar-refractivity contribution < 1.29 is 14.6 Å². The monoisotopic (exact) mass is 213 g/mol. The van der Waals surface area contributed by atoms with E-state index in [4.69, 9.17) is 9.84 Å². The number of nitrogens with one attached hydrogen (secondary N) is 1. The first-order valence-electron chi connectivity index (χ1n) is 5.82. The molecule has 0 unspecified atom stereocenters. The first-order chi connectivity index (χ1) is 7.31. The van der Waals surface area contributed by atoms with E-state index in [1.807, 2.05) is 0 Å². The second-order valence-corrected chi connectivity index (χ2v) is 4.58. The lowest BCUT2D eigenvalue weighted by molar-refractivity contribution is 0.117. The van der Waals surface area contributed by atoms with Crippen molar-refractivity contribution in [2.45, 2.75) is 25.7 Å². The number of rotatable bonds is 6. The molecule has 0 aromatic carbocycles. The molecule has 2 aliphatic carbocycles. The molecular weight excluding hydrogens is 194 g/mol. The fraction of sp³-hybridized carbons (Fsp3) is 0.909. The van der Waals surface area contributed by atoms with Crippen molar-refractivity contribution >= 4 is 6.09 Å². The van der Waals surface area contributed by atoms with Gasteiger partial charge in [-0.2, -0.15) is 0 Å². The van der Waals surface area contributed by atoms with E-state index in [1.165, 1.54) is 25.7 Å². The highest BCUT2D eigenvalue weighted by Gasteiger charge is 2.41. The van der Waals surface area contributed by atoms with Crippen molar-refractivity contribution in [1.29, 1.82) is 0 Å². The molecule has 0 bridgehead atoms. The fourth-order valence-electron chi connectivity index (χ4n) is 2.16. The van der Waals surface area contributed by atoms with Gasteiger partial charge in [0.1, 0.15) is 6.61 Å². The van der Waals surface area contributed by atoms with Crippen LogP contribution in [0.15, 0.2) is 0 Å². The molecule has 1 amide bonds. The summed E-state index contributed by atoms with van der Waals surface area (Å²) in [6, 6.07) is 0. The number of hydrogen-bond acceptors (Lipinski definition) is 3. The van der Waals surface area contributed by atoms with Gasteiger partial charge < -0.3 is 15.2 Å². The van der Waals surface area contributed by atoms with Crippen LogP contribution in [0.1, 0.15) is 25.7 Å². The van der Waals surface area contributed by atoms with Gasteiger partial charge in [0.2, 0.25) is 0 Å². The van der Waals surface area contributed by atoms with Gasteiger partial charge in [-0.05, 0) is 43.4 Å². The summed E-state index contributed by atoms with van der Waals surface area (Å²) in [5.41, 5.74) is 0. The lowest BCUT2D eigenvalue weighted by Crippen LogP contribution is -2.32. The molecule has 0 radical (unpaired) electrons. The van der Waals surface area contributed by atoms with E-state index in [1.54, 1.807) is 0 Å². The predicted molar refractivity (Wildman–Crippen MR) is 55.4 cm³/mol. The topological polar surface area (TPSA) is 58.6 Å².